The van der Waals surface area contributed by atoms with E-state index >= 15 is 0 Å². The van der Waals surface area contributed by atoms with E-state index in [4.69, 9.17) is 11.5 Å². The first-order chi connectivity index (χ1) is 33.8. The zero-order valence-corrected chi connectivity index (χ0v) is 42.0. The Hall–Kier alpha value is -6.73. The van der Waals surface area contributed by atoms with E-state index in [1.807, 2.05) is 0 Å². The molecule has 0 aliphatic rings. The number of nitrogens with one attached hydrogen (secondary N) is 8. The summed E-state index contributed by atoms with van der Waals surface area (Å²) in [6, 6.07) is -4.79. The van der Waals surface area contributed by atoms with Crippen LogP contribution < -0.4 is 54.0 Å². The number of unbranched alkanes of at least 4 members (excludes halogenated alkanes) is 1. The van der Waals surface area contributed by atoms with Gasteiger partial charge in [-0.05, 0) is 68.9 Å². The summed E-state index contributed by atoms with van der Waals surface area (Å²) in [5.41, 5.74) is 11.9. The van der Waals surface area contributed by atoms with Gasteiger partial charge in [0.2, 0.25) is 47.3 Å². The lowest BCUT2D eigenvalue weighted by molar-refractivity contribution is -0.143. The van der Waals surface area contributed by atoms with Crippen LogP contribution in [0.3, 0.4) is 0 Å². The standard InChI is InChI=1S/C47H76N10O15/c1-8-26(6)38(46(70)51-30(17-18-35(59)60)40(64)55-34(23-58)45(69)50-29(16-12-13-19-48)41(65)56-37(25(4)5)47(71)72)57-44(68)33(22-36(61)62)54-43(67)32(21-28-14-10-9-11-15-28)53-42(66)31(20-24(2)3)52-39(63)27(7)49/h9-11,14-15,24-27,29-34,37-38,58H,8,12-13,16-23,48-49H2,1-7H3,(H,50,69)(H,51,70)(H,52,63)(H,53,66)(H,54,67)(H,55,64)(H,56,65)(H,57,68)(H,59,60)(H,61,62)(H,71,72)/t26-,27-,29-,30-,31-,32-,33-,34-,37-,38-/m0/s1. The predicted octanol–water partition coefficient (Wildman–Crippen LogP) is -2.25. The van der Waals surface area contributed by atoms with Crippen molar-refractivity contribution >= 4 is 65.2 Å². The van der Waals surface area contributed by atoms with Crippen LogP contribution >= 0.6 is 0 Å². The third-order valence-electron chi connectivity index (χ3n) is 11.4. The minimum absolute atomic E-state index is 0.0119. The Bertz CT molecular complexity index is 2000. The molecular formula is C47H76N10O15. The number of amides is 8. The molecule has 8 amide bonds. The van der Waals surface area contributed by atoms with Crippen molar-refractivity contribution in [3.8, 4) is 0 Å². The van der Waals surface area contributed by atoms with E-state index in [-0.39, 0.29) is 38.1 Å². The highest BCUT2D eigenvalue weighted by Gasteiger charge is 2.37. The number of nitrogens with two attached hydrogens (primary N) is 2. The predicted molar refractivity (Wildman–Crippen MR) is 260 cm³/mol. The maximum Gasteiger partial charge on any atom is 0.326 e. The molecule has 25 heteroatoms. The molecule has 0 aliphatic heterocycles. The third kappa shape index (κ3) is 23.0. The number of carbonyl (C=O) groups excluding carboxylic acids is 8. The van der Waals surface area contributed by atoms with Crippen LogP contribution in [-0.2, 0) is 59.2 Å². The molecule has 0 aromatic heterocycles. The Morgan fingerprint density at radius 1 is 0.542 bits per heavy atom. The minimum atomic E-state index is -1.87. The molecule has 0 spiro atoms. The molecule has 0 saturated carbocycles. The molecule has 72 heavy (non-hydrogen) atoms. The van der Waals surface area contributed by atoms with Gasteiger partial charge in [0.05, 0.1) is 19.1 Å². The van der Waals surface area contributed by atoms with Crippen LogP contribution in [0.2, 0.25) is 0 Å². The van der Waals surface area contributed by atoms with Crippen molar-refractivity contribution in [2.75, 3.05) is 13.2 Å². The molecule has 0 heterocycles. The number of aliphatic hydroxyl groups is 1. The molecule has 1 rings (SSSR count). The first kappa shape index (κ1) is 63.3. The number of benzene rings is 1. The molecule has 404 valence electrons. The molecular weight excluding hydrogens is 945 g/mol. The highest BCUT2D eigenvalue weighted by atomic mass is 16.4. The first-order valence-electron chi connectivity index (χ1n) is 24.0. The lowest BCUT2D eigenvalue weighted by atomic mass is 9.96. The highest BCUT2D eigenvalue weighted by molar-refractivity contribution is 5.99. The van der Waals surface area contributed by atoms with E-state index in [0.29, 0.717) is 18.4 Å². The summed E-state index contributed by atoms with van der Waals surface area (Å²) in [4.78, 5) is 144. The van der Waals surface area contributed by atoms with Gasteiger partial charge in [-0.2, -0.15) is 0 Å². The number of rotatable bonds is 34. The van der Waals surface area contributed by atoms with Gasteiger partial charge in [0.15, 0.2) is 0 Å². The summed E-state index contributed by atoms with van der Waals surface area (Å²) in [5, 5.41) is 58.5. The molecule has 0 saturated heterocycles. The Kier molecular flexibility index (Phi) is 28.4. The summed E-state index contributed by atoms with van der Waals surface area (Å²) in [6.07, 6.45) is -1.38. The largest absolute Gasteiger partial charge is 0.481 e. The van der Waals surface area contributed by atoms with Crippen LogP contribution in [0.1, 0.15) is 105 Å². The number of hydrogen-bond donors (Lipinski definition) is 14. The van der Waals surface area contributed by atoms with Gasteiger partial charge in [0.25, 0.3) is 0 Å². The van der Waals surface area contributed by atoms with Crippen molar-refractivity contribution in [3.05, 3.63) is 35.9 Å². The van der Waals surface area contributed by atoms with E-state index in [2.05, 4.69) is 42.5 Å². The molecule has 1 aromatic carbocycles. The SMILES string of the molecule is CC[C@H](C)[C@H](NC(=O)[C@H](CC(=O)O)NC(=O)[C@H](Cc1ccccc1)NC(=O)[C@H](CC(C)C)NC(=O)[C@H](C)N)C(=O)N[C@@H](CCC(=O)O)C(=O)N[C@@H](CO)C(=O)N[C@@H](CCCCN)C(=O)N[C@H](C(=O)O)C(C)C. The molecule has 16 N–H and O–H groups in total. The first-order valence-corrected chi connectivity index (χ1v) is 24.0. The summed E-state index contributed by atoms with van der Waals surface area (Å²) in [5.74, 6) is -13.5. The van der Waals surface area contributed by atoms with Gasteiger partial charge in [-0.3, -0.25) is 47.9 Å². The van der Waals surface area contributed by atoms with Gasteiger partial charge in [0.1, 0.15) is 48.3 Å². The fourth-order valence-corrected chi connectivity index (χ4v) is 7.02. The summed E-state index contributed by atoms with van der Waals surface area (Å²) in [6.45, 7) is 10.5. The molecule has 0 fully saturated rings. The van der Waals surface area contributed by atoms with E-state index in [1.54, 1.807) is 65.0 Å². The van der Waals surface area contributed by atoms with E-state index in [1.165, 1.54) is 13.8 Å². The van der Waals surface area contributed by atoms with Crippen LogP contribution in [0.25, 0.3) is 0 Å². The lowest BCUT2D eigenvalue weighted by Crippen LogP contribution is -2.62. The van der Waals surface area contributed by atoms with Gasteiger partial charge in [0, 0.05) is 12.8 Å². The fraction of sp³-hybridized carbons (Fsp3) is 0.638. The quantitative estimate of drug-likeness (QED) is 0.0324. The fourth-order valence-electron chi connectivity index (χ4n) is 7.02. The Balaban J connectivity index is 3.50. The van der Waals surface area contributed by atoms with E-state index in [9.17, 15) is 73.2 Å². The van der Waals surface area contributed by atoms with Crippen LogP contribution in [0, 0.1) is 17.8 Å². The zero-order valence-electron chi connectivity index (χ0n) is 42.0. The van der Waals surface area contributed by atoms with Gasteiger partial charge in [-0.25, -0.2) is 4.79 Å². The van der Waals surface area contributed by atoms with Gasteiger partial charge in [-0.15, -0.1) is 0 Å². The van der Waals surface area contributed by atoms with Crippen molar-refractivity contribution in [2.45, 2.75) is 161 Å². The Labute approximate surface area is 418 Å². The Morgan fingerprint density at radius 3 is 1.53 bits per heavy atom. The lowest BCUT2D eigenvalue weighted by Gasteiger charge is -2.29. The normalized spacial score (nSPS) is 15.3. The number of aliphatic carboxylic acids is 3. The third-order valence-corrected chi connectivity index (χ3v) is 11.4. The van der Waals surface area contributed by atoms with Crippen LogP contribution in [0.15, 0.2) is 30.3 Å². The number of carbonyl (C=O) groups is 11. The zero-order chi connectivity index (χ0) is 54.8. The maximum atomic E-state index is 14.0. The smallest absolute Gasteiger partial charge is 0.326 e. The molecule has 25 nitrogen and oxygen atoms in total. The summed E-state index contributed by atoms with van der Waals surface area (Å²) < 4.78 is 0. The topological polar surface area (TPSA) is 417 Å². The highest BCUT2D eigenvalue weighted by Crippen LogP contribution is 2.13. The van der Waals surface area contributed by atoms with Gasteiger partial charge >= 0.3 is 17.9 Å². The number of carboxylic acid groups (broad SMARTS) is 3. The average Bonchev–Trinajstić information content (AvgIpc) is 3.30. The van der Waals surface area contributed by atoms with Gasteiger partial charge < -0.3 is 74.4 Å². The second-order valence-corrected chi connectivity index (χ2v) is 18.4. The van der Waals surface area contributed by atoms with Crippen molar-refractivity contribution < 1.29 is 73.2 Å². The summed E-state index contributed by atoms with van der Waals surface area (Å²) in [7, 11) is 0. The molecule has 0 bridgehead atoms. The van der Waals surface area contributed by atoms with Gasteiger partial charge in [-0.1, -0.05) is 78.3 Å². The molecule has 1 aromatic rings. The summed E-state index contributed by atoms with van der Waals surface area (Å²) >= 11 is 0. The Morgan fingerprint density at radius 2 is 1.01 bits per heavy atom. The average molecular weight is 1020 g/mol. The second kappa shape index (κ2) is 32.3. The number of carboxylic acids is 3. The molecule has 0 radical (unpaired) electrons. The number of hydrogen-bond acceptors (Lipinski definition) is 14. The second-order valence-electron chi connectivity index (χ2n) is 18.4. The molecule has 0 aliphatic carbocycles. The van der Waals surface area contributed by atoms with Crippen molar-refractivity contribution in [2.24, 2.45) is 29.2 Å². The number of aliphatic hydroxyl groups excluding tert-OH is 1. The van der Waals surface area contributed by atoms with E-state index < -0.39 is 157 Å². The van der Waals surface area contributed by atoms with Crippen LogP contribution in [-0.4, -0.2) is 153 Å². The van der Waals surface area contributed by atoms with Crippen molar-refractivity contribution in [3.63, 3.8) is 0 Å². The van der Waals surface area contributed by atoms with E-state index in [0.717, 1.165) is 0 Å². The minimum Gasteiger partial charge on any atom is -0.481 e. The molecule has 0 unspecified atom stereocenters. The van der Waals surface area contributed by atoms with Crippen molar-refractivity contribution in [1.29, 1.82) is 0 Å². The van der Waals surface area contributed by atoms with Crippen molar-refractivity contribution in [1.82, 2.24) is 42.5 Å². The van der Waals surface area contributed by atoms with Crippen LogP contribution in [0.5, 0.6) is 0 Å². The monoisotopic (exact) mass is 1020 g/mol. The maximum absolute atomic E-state index is 14.0. The molecule has 10 atom stereocenters. The van der Waals surface area contributed by atoms with Crippen LogP contribution in [0.4, 0.5) is 0 Å².